The summed E-state index contributed by atoms with van der Waals surface area (Å²) in [5, 5.41) is 0. The van der Waals surface area contributed by atoms with E-state index in [-0.39, 0.29) is 0 Å². The average molecular weight is 334 g/mol. The molecule has 0 aromatic carbocycles. The number of halogens is 2. The summed E-state index contributed by atoms with van der Waals surface area (Å²) in [5.41, 5.74) is 0. The molecule has 1 aliphatic heterocycles. The maximum absolute atomic E-state index is 4.44. The largest absolute Gasteiger partial charge is 0.357 e. The van der Waals surface area contributed by atoms with Gasteiger partial charge in [0.2, 0.25) is 0 Å². The summed E-state index contributed by atoms with van der Waals surface area (Å²) < 4.78 is 2.09. The number of aromatic nitrogens is 1. The molecule has 4 heteroatoms. The average Bonchev–Trinajstić information content (AvgIpc) is 2.23. The van der Waals surface area contributed by atoms with E-state index in [0.717, 1.165) is 33.8 Å². The minimum absolute atomic E-state index is 0.861. The first-order valence-electron chi connectivity index (χ1n) is 5.23. The molecular formula is C11H14Br2N2. The molecule has 1 aromatic rings. The summed E-state index contributed by atoms with van der Waals surface area (Å²) in [6.45, 7) is 4.58. The van der Waals surface area contributed by atoms with E-state index in [1.54, 1.807) is 0 Å². The van der Waals surface area contributed by atoms with E-state index in [1.165, 1.54) is 12.8 Å². The Morgan fingerprint density at radius 2 is 1.93 bits per heavy atom. The van der Waals surface area contributed by atoms with Crippen molar-refractivity contribution in [2.45, 2.75) is 19.8 Å². The van der Waals surface area contributed by atoms with Crippen molar-refractivity contribution < 1.29 is 0 Å². The molecule has 1 aromatic heterocycles. The molecule has 0 radical (unpaired) electrons. The highest BCUT2D eigenvalue weighted by Gasteiger charge is 2.17. The van der Waals surface area contributed by atoms with Crippen LogP contribution in [0.5, 0.6) is 0 Å². The molecule has 2 nitrogen and oxygen atoms in total. The quantitative estimate of drug-likeness (QED) is 0.776. The Bertz CT molecular complexity index is 346. The molecule has 1 saturated heterocycles. The fourth-order valence-corrected chi connectivity index (χ4v) is 2.34. The van der Waals surface area contributed by atoms with Gasteiger partial charge in [-0.1, -0.05) is 6.92 Å². The molecule has 0 N–H and O–H groups in total. The van der Waals surface area contributed by atoms with Gasteiger partial charge in [0.1, 0.15) is 5.82 Å². The summed E-state index contributed by atoms with van der Waals surface area (Å²) >= 11 is 6.95. The molecular weight excluding hydrogens is 320 g/mol. The van der Waals surface area contributed by atoms with Crippen molar-refractivity contribution in [2.75, 3.05) is 18.0 Å². The van der Waals surface area contributed by atoms with Crippen molar-refractivity contribution in [3.63, 3.8) is 0 Å². The van der Waals surface area contributed by atoms with Crippen molar-refractivity contribution in [2.24, 2.45) is 5.92 Å². The Hall–Kier alpha value is -0.0900. The van der Waals surface area contributed by atoms with Crippen LogP contribution < -0.4 is 4.90 Å². The monoisotopic (exact) mass is 332 g/mol. The third-order valence-electron chi connectivity index (χ3n) is 2.90. The lowest BCUT2D eigenvalue weighted by Crippen LogP contribution is -2.33. The summed E-state index contributed by atoms with van der Waals surface area (Å²) in [7, 11) is 0. The minimum Gasteiger partial charge on any atom is -0.357 e. The van der Waals surface area contributed by atoms with Gasteiger partial charge < -0.3 is 4.90 Å². The highest BCUT2D eigenvalue weighted by Crippen LogP contribution is 2.27. The molecule has 1 aliphatic rings. The van der Waals surface area contributed by atoms with Gasteiger partial charge in [0.15, 0.2) is 0 Å². The number of hydrogen-bond donors (Lipinski definition) is 0. The van der Waals surface area contributed by atoms with Crippen LogP contribution in [0.25, 0.3) is 0 Å². The normalized spacial score (nSPS) is 18.2. The molecule has 0 unspecified atom stereocenters. The van der Waals surface area contributed by atoms with Crippen LogP contribution in [0, 0.1) is 5.92 Å². The number of anilines is 1. The number of hydrogen-bond acceptors (Lipinski definition) is 2. The fourth-order valence-electron chi connectivity index (χ4n) is 1.81. The zero-order chi connectivity index (χ0) is 10.8. The standard InChI is InChI=1S/C11H14Br2N2/c1-8-2-4-15(5-3-8)11-6-9(12)10(13)7-14-11/h6-8H,2-5H2,1H3. The van der Waals surface area contributed by atoms with Crippen LogP contribution in [0.4, 0.5) is 5.82 Å². The highest BCUT2D eigenvalue weighted by molar-refractivity contribution is 9.13. The van der Waals surface area contributed by atoms with Crippen molar-refractivity contribution in [1.29, 1.82) is 0 Å². The van der Waals surface area contributed by atoms with Crippen LogP contribution in [0.3, 0.4) is 0 Å². The van der Waals surface area contributed by atoms with Crippen LogP contribution in [0.1, 0.15) is 19.8 Å². The predicted molar refractivity (Wildman–Crippen MR) is 70.2 cm³/mol. The highest BCUT2D eigenvalue weighted by atomic mass is 79.9. The zero-order valence-electron chi connectivity index (χ0n) is 8.71. The lowest BCUT2D eigenvalue weighted by atomic mass is 9.99. The molecule has 82 valence electrons. The molecule has 0 saturated carbocycles. The van der Waals surface area contributed by atoms with Gasteiger partial charge in [-0.05, 0) is 56.7 Å². The molecule has 15 heavy (non-hydrogen) atoms. The molecule has 2 heterocycles. The Morgan fingerprint density at radius 3 is 2.53 bits per heavy atom. The van der Waals surface area contributed by atoms with E-state index >= 15 is 0 Å². The number of rotatable bonds is 1. The van der Waals surface area contributed by atoms with Gasteiger partial charge in [-0.2, -0.15) is 0 Å². The Kier molecular flexibility index (Phi) is 3.67. The molecule has 0 bridgehead atoms. The van der Waals surface area contributed by atoms with Crippen LogP contribution in [0.2, 0.25) is 0 Å². The molecule has 0 atom stereocenters. The Balaban J connectivity index is 2.12. The van der Waals surface area contributed by atoms with Gasteiger partial charge in [-0.25, -0.2) is 4.98 Å². The first kappa shape index (κ1) is 11.4. The third kappa shape index (κ3) is 2.72. The summed E-state index contributed by atoms with van der Waals surface area (Å²) in [4.78, 5) is 6.80. The number of pyridine rings is 1. The molecule has 2 rings (SSSR count). The lowest BCUT2D eigenvalue weighted by molar-refractivity contribution is 0.436. The second-order valence-corrected chi connectivity index (χ2v) is 5.83. The lowest BCUT2D eigenvalue weighted by Gasteiger charge is -2.31. The van der Waals surface area contributed by atoms with Crippen molar-refractivity contribution in [3.05, 3.63) is 21.2 Å². The SMILES string of the molecule is CC1CCN(c2cc(Br)c(Br)cn2)CC1. The summed E-state index contributed by atoms with van der Waals surface area (Å²) in [6, 6.07) is 2.08. The summed E-state index contributed by atoms with van der Waals surface area (Å²) in [5.74, 6) is 1.94. The second kappa shape index (κ2) is 4.83. The van der Waals surface area contributed by atoms with Crippen LogP contribution in [-0.2, 0) is 0 Å². The zero-order valence-corrected chi connectivity index (χ0v) is 11.9. The molecule has 0 spiro atoms. The first-order chi connectivity index (χ1) is 7.16. The van der Waals surface area contributed by atoms with Gasteiger partial charge in [-0.15, -0.1) is 0 Å². The predicted octanol–water partition coefficient (Wildman–Crippen LogP) is 3.84. The molecule has 0 aliphatic carbocycles. The Morgan fingerprint density at radius 1 is 1.27 bits per heavy atom. The van der Waals surface area contributed by atoms with Crippen LogP contribution in [0.15, 0.2) is 21.2 Å². The van der Waals surface area contributed by atoms with E-state index in [1.807, 2.05) is 6.20 Å². The van der Waals surface area contributed by atoms with E-state index in [0.29, 0.717) is 0 Å². The smallest absolute Gasteiger partial charge is 0.129 e. The third-order valence-corrected chi connectivity index (χ3v) is 4.72. The van der Waals surface area contributed by atoms with Crippen molar-refractivity contribution in [1.82, 2.24) is 4.98 Å². The number of nitrogens with zero attached hydrogens (tertiary/aromatic N) is 2. The minimum atomic E-state index is 0.861. The molecule has 0 amide bonds. The van der Waals surface area contributed by atoms with E-state index in [4.69, 9.17) is 0 Å². The van der Waals surface area contributed by atoms with E-state index in [9.17, 15) is 0 Å². The maximum Gasteiger partial charge on any atom is 0.129 e. The summed E-state index contributed by atoms with van der Waals surface area (Å²) in [6.07, 6.45) is 4.40. The topological polar surface area (TPSA) is 16.1 Å². The van der Waals surface area contributed by atoms with Crippen molar-refractivity contribution >= 4 is 37.7 Å². The van der Waals surface area contributed by atoms with Crippen LogP contribution >= 0.6 is 31.9 Å². The second-order valence-electron chi connectivity index (χ2n) is 4.13. The fraction of sp³-hybridized carbons (Fsp3) is 0.545. The van der Waals surface area contributed by atoms with Gasteiger partial charge in [0.05, 0.1) is 4.47 Å². The van der Waals surface area contributed by atoms with E-state index < -0.39 is 0 Å². The Labute approximate surface area is 107 Å². The van der Waals surface area contributed by atoms with Crippen LogP contribution in [-0.4, -0.2) is 18.1 Å². The van der Waals surface area contributed by atoms with Gasteiger partial charge in [0.25, 0.3) is 0 Å². The van der Waals surface area contributed by atoms with Gasteiger partial charge in [0, 0.05) is 23.8 Å². The maximum atomic E-state index is 4.44. The van der Waals surface area contributed by atoms with E-state index in [2.05, 4.69) is 54.7 Å². The van der Waals surface area contributed by atoms with Gasteiger partial charge >= 0.3 is 0 Å². The molecule has 1 fully saturated rings. The first-order valence-corrected chi connectivity index (χ1v) is 6.81. The van der Waals surface area contributed by atoms with Crippen molar-refractivity contribution in [3.8, 4) is 0 Å². The number of piperidine rings is 1. The van der Waals surface area contributed by atoms with Gasteiger partial charge in [-0.3, -0.25) is 0 Å².